The molecule has 0 bridgehead atoms. The summed E-state index contributed by atoms with van der Waals surface area (Å²) < 4.78 is 37.6. The standard InChI is InChI=1S/C16H23NO5S/c1-11-6-7-15(12(2)9-11)23(19,20)17-16(18)13(3)22-10-14-5-4-8-21-14/h6-7,9,13-14H,4-5,8,10H2,1-3H3,(H,17,18)/t13-,14+/m1/s1. The number of sulfonamides is 1. The average Bonchev–Trinajstić information content (AvgIpc) is 2.96. The third-order valence-electron chi connectivity index (χ3n) is 3.78. The maximum absolute atomic E-state index is 12.3. The van der Waals surface area contributed by atoms with Crippen LogP contribution in [-0.2, 0) is 24.3 Å². The van der Waals surface area contributed by atoms with Crippen molar-refractivity contribution in [3.8, 4) is 0 Å². The van der Waals surface area contributed by atoms with Crippen LogP contribution in [0.4, 0.5) is 0 Å². The topological polar surface area (TPSA) is 81.7 Å². The highest BCUT2D eigenvalue weighted by molar-refractivity contribution is 7.90. The highest BCUT2D eigenvalue weighted by Gasteiger charge is 2.25. The van der Waals surface area contributed by atoms with Crippen LogP contribution in [0.25, 0.3) is 0 Å². The molecule has 0 aromatic heterocycles. The Morgan fingerprint density at radius 1 is 1.43 bits per heavy atom. The lowest BCUT2D eigenvalue weighted by Crippen LogP contribution is -2.39. The van der Waals surface area contributed by atoms with Crippen molar-refractivity contribution in [1.29, 1.82) is 0 Å². The van der Waals surface area contributed by atoms with E-state index >= 15 is 0 Å². The monoisotopic (exact) mass is 341 g/mol. The SMILES string of the molecule is Cc1ccc(S(=O)(=O)NC(=O)[C@@H](C)OC[C@@H]2CCCO2)c(C)c1. The largest absolute Gasteiger partial charge is 0.376 e. The molecule has 6 nitrogen and oxygen atoms in total. The third-order valence-corrected chi connectivity index (χ3v) is 5.29. The van der Waals surface area contributed by atoms with E-state index in [1.165, 1.54) is 13.0 Å². The first kappa shape index (κ1) is 17.9. The van der Waals surface area contributed by atoms with Gasteiger partial charge in [-0.2, -0.15) is 0 Å². The molecular weight excluding hydrogens is 318 g/mol. The molecule has 0 aliphatic carbocycles. The molecule has 0 radical (unpaired) electrons. The van der Waals surface area contributed by atoms with Crippen molar-refractivity contribution in [2.45, 2.75) is 50.7 Å². The number of benzene rings is 1. The second kappa shape index (κ2) is 7.42. The van der Waals surface area contributed by atoms with Gasteiger partial charge < -0.3 is 9.47 Å². The molecule has 1 aliphatic heterocycles. The Bertz CT molecular complexity index is 665. The maximum atomic E-state index is 12.3. The van der Waals surface area contributed by atoms with Crippen molar-refractivity contribution in [2.75, 3.05) is 13.2 Å². The minimum atomic E-state index is -3.90. The predicted octanol–water partition coefficient (Wildman–Crippen LogP) is 1.69. The summed E-state index contributed by atoms with van der Waals surface area (Å²) in [6, 6.07) is 4.96. The molecule has 1 fully saturated rings. The third kappa shape index (κ3) is 4.76. The zero-order valence-corrected chi connectivity index (χ0v) is 14.5. The van der Waals surface area contributed by atoms with Gasteiger partial charge in [-0.25, -0.2) is 13.1 Å². The Morgan fingerprint density at radius 2 is 2.17 bits per heavy atom. The lowest BCUT2D eigenvalue weighted by atomic mass is 10.2. The highest BCUT2D eigenvalue weighted by Crippen LogP contribution is 2.17. The van der Waals surface area contributed by atoms with E-state index in [9.17, 15) is 13.2 Å². The minimum Gasteiger partial charge on any atom is -0.376 e. The Hall–Kier alpha value is -1.44. The second-order valence-corrected chi connectivity index (χ2v) is 7.50. The summed E-state index contributed by atoms with van der Waals surface area (Å²) >= 11 is 0. The van der Waals surface area contributed by atoms with Crippen molar-refractivity contribution < 1.29 is 22.7 Å². The van der Waals surface area contributed by atoms with Crippen LogP contribution < -0.4 is 4.72 Å². The van der Waals surface area contributed by atoms with Gasteiger partial charge in [0.05, 0.1) is 17.6 Å². The van der Waals surface area contributed by atoms with Gasteiger partial charge in [0.1, 0.15) is 6.10 Å². The van der Waals surface area contributed by atoms with Crippen molar-refractivity contribution in [1.82, 2.24) is 4.72 Å². The number of hydrogen-bond donors (Lipinski definition) is 1. The average molecular weight is 341 g/mol. The van der Waals surface area contributed by atoms with E-state index in [2.05, 4.69) is 4.72 Å². The summed E-state index contributed by atoms with van der Waals surface area (Å²) in [6.07, 6.45) is 1.01. The van der Waals surface area contributed by atoms with E-state index in [4.69, 9.17) is 9.47 Å². The van der Waals surface area contributed by atoms with Gasteiger partial charge in [-0.3, -0.25) is 4.79 Å². The molecule has 128 valence electrons. The Morgan fingerprint density at radius 3 is 2.78 bits per heavy atom. The number of rotatable bonds is 6. The molecule has 2 rings (SSSR count). The molecule has 1 saturated heterocycles. The van der Waals surface area contributed by atoms with Crippen LogP contribution in [-0.4, -0.2) is 39.7 Å². The summed E-state index contributed by atoms with van der Waals surface area (Å²) in [4.78, 5) is 12.2. The van der Waals surface area contributed by atoms with Crippen molar-refractivity contribution in [2.24, 2.45) is 0 Å². The van der Waals surface area contributed by atoms with Gasteiger partial charge in [0.2, 0.25) is 0 Å². The summed E-state index contributed by atoms with van der Waals surface area (Å²) in [7, 11) is -3.90. The zero-order chi connectivity index (χ0) is 17.0. The van der Waals surface area contributed by atoms with Gasteiger partial charge in [-0.15, -0.1) is 0 Å². The fourth-order valence-corrected chi connectivity index (χ4v) is 3.75. The first-order valence-electron chi connectivity index (χ1n) is 7.67. The summed E-state index contributed by atoms with van der Waals surface area (Å²) in [6.45, 7) is 6.10. The fourth-order valence-electron chi connectivity index (χ4n) is 2.47. The van der Waals surface area contributed by atoms with E-state index in [1.807, 2.05) is 6.92 Å². The fraction of sp³-hybridized carbons (Fsp3) is 0.562. The van der Waals surface area contributed by atoms with E-state index in [0.29, 0.717) is 12.2 Å². The summed E-state index contributed by atoms with van der Waals surface area (Å²) in [5, 5.41) is 0. The minimum absolute atomic E-state index is 0.0128. The molecule has 1 amide bonds. The molecule has 0 saturated carbocycles. The molecule has 0 unspecified atom stereocenters. The number of carbonyl (C=O) groups excluding carboxylic acids is 1. The number of aryl methyl sites for hydroxylation is 2. The van der Waals surface area contributed by atoms with E-state index in [0.717, 1.165) is 18.4 Å². The lowest BCUT2D eigenvalue weighted by Gasteiger charge is -2.16. The molecule has 2 atom stereocenters. The predicted molar refractivity (Wildman–Crippen MR) is 85.6 cm³/mol. The Kier molecular flexibility index (Phi) is 5.78. The molecule has 1 aliphatic rings. The van der Waals surface area contributed by atoms with Crippen LogP contribution in [0.15, 0.2) is 23.1 Å². The van der Waals surface area contributed by atoms with Crippen LogP contribution in [0.3, 0.4) is 0 Å². The first-order chi connectivity index (χ1) is 10.8. The van der Waals surface area contributed by atoms with Gasteiger partial charge in [-0.05, 0) is 45.2 Å². The second-order valence-electron chi connectivity index (χ2n) is 5.85. The quantitative estimate of drug-likeness (QED) is 0.851. The van der Waals surface area contributed by atoms with Crippen molar-refractivity contribution >= 4 is 15.9 Å². The molecule has 1 aromatic carbocycles. The molecular formula is C16H23NO5S. The maximum Gasteiger partial charge on any atom is 0.264 e. The number of hydrogen-bond acceptors (Lipinski definition) is 5. The molecule has 23 heavy (non-hydrogen) atoms. The summed E-state index contributed by atoms with van der Waals surface area (Å²) in [5.74, 6) is -0.678. The van der Waals surface area contributed by atoms with Crippen LogP contribution in [0.1, 0.15) is 30.9 Å². The van der Waals surface area contributed by atoms with E-state index < -0.39 is 22.0 Å². The number of carbonyl (C=O) groups is 1. The smallest absolute Gasteiger partial charge is 0.264 e. The number of ether oxygens (including phenoxy) is 2. The van der Waals surface area contributed by atoms with Crippen LogP contribution in [0.2, 0.25) is 0 Å². The molecule has 1 N–H and O–H groups in total. The zero-order valence-electron chi connectivity index (χ0n) is 13.7. The molecule has 1 heterocycles. The molecule has 7 heteroatoms. The van der Waals surface area contributed by atoms with Crippen molar-refractivity contribution in [3.05, 3.63) is 29.3 Å². The number of amides is 1. The normalized spacial score (nSPS) is 19.5. The van der Waals surface area contributed by atoms with Crippen LogP contribution >= 0.6 is 0 Å². The molecule has 0 spiro atoms. The first-order valence-corrected chi connectivity index (χ1v) is 9.15. The van der Waals surface area contributed by atoms with Crippen molar-refractivity contribution in [3.63, 3.8) is 0 Å². The van der Waals surface area contributed by atoms with Gasteiger partial charge in [0.25, 0.3) is 15.9 Å². The Labute approximate surface area is 137 Å². The van der Waals surface area contributed by atoms with E-state index in [1.54, 1.807) is 19.1 Å². The lowest BCUT2D eigenvalue weighted by molar-refractivity contribution is -0.131. The van der Waals surface area contributed by atoms with E-state index in [-0.39, 0.29) is 17.6 Å². The highest BCUT2D eigenvalue weighted by atomic mass is 32.2. The van der Waals surface area contributed by atoms with Crippen LogP contribution in [0.5, 0.6) is 0 Å². The van der Waals surface area contributed by atoms with Gasteiger partial charge in [0.15, 0.2) is 0 Å². The van der Waals surface area contributed by atoms with Gasteiger partial charge >= 0.3 is 0 Å². The van der Waals surface area contributed by atoms with Crippen LogP contribution in [0, 0.1) is 13.8 Å². The van der Waals surface area contributed by atoms with Gasteiger partial charge in [-0.1, -0.05) is 17.7 Å². The molecule has 1 aromatic rings. The summed E-state index contributed by atoms with van der Waals surface area (Å²) in [5.41, 5.74) is 1.55. The Balaban J connectivity index is 1.97. The van der Waals surface area contributed by atoms with Gasteiger partial charge in [0, 0.05) is 6.61 Å². The number of nitrogens with one attached hydrogen (secondary N) is 1.